The molecule has 1 aromatic rings. The predicted molar refractivity (Wildman–Crippen MR) is 61.2 cm³/mol. The average Bonchev–Trinajstić information content (AvgIpc) is 2.29. The van der Waals surface area contributed by atoms with Crippen LogP contribution in [0.15, 0.2) is 18.2 Å². The van der Waals surface area contributed by atoms with E-state index in [1.807, 2.05) is 6.92 Å². The second-order valence-electron chi connectivity index (χ2n) is 3.73. The minimum Gasteiger partial charge on any atom is -0.490 e. The molecule has 0 fully saturated rings. The summed E-state index contributed by atoms with van der Waals surface area (Å²) in [6.45, 7) is 3.92. The number of ketones is 1. The van der Waals surface area contributed by atoms with E-state index in [0.717, 1.165) is 0 Å². The van der Waals surface area contributed by atoms with Gasteiger partial charge in [-0.1, -0.05) is 19.1 Å². The summed E-state index contributed by atoms with van der Waals surface area (Å²) in [5.74, 6) is 0.168. The monoisotopic (exact) mass is 224 g/mol. The van der Waals surface area contributed by atoms with Crippen LogP contribution in [0.3, 0.4) is 0 Å². The number of aryl methyl sites for hydroxylation is 1. The summed E-state index contributed by atoms with van der Waals surface area (Å²) in [7, 11) is 0. The molecule has 0 atom stereocenters. The quantitative estimate of drug-likeness (QED) is 0.693. The summed E-state index contributed by atoms with van der Waals surface area (Å²) in [5, 5.41) is 0. The van der Waals surface area contributed by atoms with E-state index >= 15 is 0 Å². The molecule has 0 N–H and O–H groups in total. The van der Waals surface area contributed by atoms with Gasteiger partial charge in [-0.2, -0.15) is 0 Å². The second-order valence-corrected chi connectivity index (χ2v) is 3.73. The van der Waals surface area contributed by atoms with E-state index in [2.05, 4.69) is 0 Å². The smallest absolute Gasteiger partial charge is 0.167 e. The highest BCUT2D eigenvalue weighted by Gasteiger charge is 2.05. The van der Waals surface area contributed by atoms with Crippen molar-refractivity contribution in [1.82, 2.24) is 0 Å². The lowest BCUT2D eigenvalue weighted by molar-refractivity contribution is -0.118. The van der Waals surface area contributed by atoms with Gasteiger partial charge in [0, 0.05) is 12.8 Å². The number of rotatable bonds is 6. The van der Waals surface area contributed by atoms with Crippen molar-refractivity contribution in [3.63, 3.8) is 0 Å². The Bertz CT molecular complexity index is 361. The third-order valence-corrected chi connectivity index (χ3v) is 2.41. The Hall–Kier alpha value is -1.38. The molecule has 0 saturated carbocycles. The third kappa shape index (κ3) is 3.65. The fourth-order valence-corrected chi connectivity index (χ4v) is 1.36. The van der Waals surface area contributed by atoms with Crippen molar-refractivity contribution in [2.45, 2.75) is 33.1 Å². The van der Waals surface area contributed by atoms with Crippen molar-refractivity contribution in [3.05, 3.63) is 29.6 Å². The molecule has 0 amide bonds. The van der Waals surface area contributed by atoms with Crippen LogP contribution in [-0.4, -0.2) is 12.4 Å². The normalized spacial score (nSPS) is 10.2. The summed E-state index contributed by atoms with van der Waals surface area (Å²) in [5.41, 5.74) is 0.571. The largest absolute Gasteiger partial charge is 0.490 e. The van der Waals surface area contributed by atoms with Gasteiger partial charge in [-0.05, 0) is 25.0 Å². The van der Waals surface area contributed by atoms with Crippen LogP contribution in [-0.2, 0) is 4.79 Å². The maximum absolute atomic E-state index is 13.5. The number of Topliss-reactive ketones (excluding diaryl/α,β-unsaturated/α-hetero) is 1. The van der Waals surface area contributed by atoms with Crippen LogP contribution < -0.4 is 4.74 Å². The molecule has 0 unspecified atom stereocenters. The molecule has 0 aliphatic carbocycles. The van der Waals surface area contributed by atoms with E-state index in [9.17, 15) is 9.18 Å². The van der Waals surface area contributed by atoms with Crippen molar-refractivity contribution >= 4 is 5.78 Å². The van der Waals surface area contributed by atoms with Crippen LogP contribution in [0.25, 0.3) is 0 Å². The Morgan fingerprint density at radius 1 is 1.44 bits per heavy atom. The lowest BCUT2D eigenvalue weighted by Crippen LogP contribution is -2.03. The van der Waals surface area contributed by atoms with Gasteiger partial charge in [0.2, 0.25) is 0 Å². The highest BCUT2D eigenvalue weighted by Crippen LogP contribution is 2.19. The van der Waals surface area contributed by atoms with Crippen LogP contribution in [0.2, 0.25) is 0 Å². The molecule has 3 heteroatoms. The summed E-state index contributed by atoms with van der Waals surface area (Å²) in [6, 6.07) is 5.05. The van der Waals surface area contributed by atoms with Crippen molar-refractivity contribution in [2.24, 2.45) is 0 Å². The number of carbonyl (C=O) groups is 1. The molecule has 0 aliphatic rings. The van der Waals surface area contributed by atoms with E-state index in [-0.39, 0.29) is 17.3 Å². The topological polar surface area (TPSA) is 26.3 Å². The zero-order valence-electron chi connectivity index (χ0n) is 9.75. The van der Waals surface area contributed by atoms with Gasteiger partial charge >= 0.3 is 0 Å². The van der Waals surface area contributed by atoms with Crippen molar-refractivity contribution in [3.8, 4) is 5.75 Å². The molecule has 2 nitrogen and oxygen atoms in total. The Balaban J connectivity index is 2.38. The van der Waals surface area contributed by atoms with E-state index < -0.39 is 0 Å². The number of hydrogen-bond donors (Lipinski definition) is 0. The summed E-state index contributed by atoms with van der Waals surface area (Å²) >= 11 is 0. The van der Waals surface area contributed by atoms with Gasteiger partial charge < -0.3 is 4.74 Å². The summed E-state index contributed by atoms with van der Waals surface area (Å²) < 4.78 is 18.7. The molecule has 0 saturated heterocycles. The van der Waals surface area contributed by atoms with Crippen LogP contribution in [0, 0.1) is 12.7 Å². The molecular formula is C13H17FO2. The first-order valence-corrected chi connectivity index (χ1v) is 5.54. The Morgan fingerprint density at radius 2 is 2.19 bits per heavy atom. The zero-order valence-corrected chi connectivity index (χ0v) is 9.75. The molecule has 0 aliphatic heterocycles. The molecule has 0 bridgehead atoms. The standard InChI is InChI=1S/C13H17FO2/c1-3-11(15)7-5-9-16-12-8-4-6-10(2)13(12)14/h4,6,8H,3,5,7,9H2,1-2H3. The fraction of sp³-hybridized carbons (Fsp3) is 0.462. The van der Waals surface area contributed by atoms with Crippen LogP contribution in [0.4, 0.5) is 4.39 Å². The number of carbonyl (C=O) groups excluding carboxylic acids is 1. The maximum Gasteiger partial charge on any atom is 0.167 e. The second kappa shape index (κ2) is 6.26. The van der Waals surface area contributed by atoms with Gasteiger partial charge in [0.25, 0.3) is 0 Å². The van der Waals surface area contributed by atoms with Crippen molar-refractivity contribution < 1.29 is 13.9 Å². The van der Waals surface area contributed by atoms with E-state index in [1.54, 1.807) is 25.1 Å². The lowest BCUT2D eigenvalue weighted by Gasteiger charge is -2.07. The van der Waals surface area contributed by atoms with Gasteiger partial charge in [0.1, 0.15) is 5.78 Å². The molecular weight excluding hydrogens is 207 g/mol. The molecule has 1 aromatic carbocycles. The fourth-order valence-electron chi connectivity index (χ4n) is 1.36. The number of ether oxygens (including phenoxy) is 1. The van der Waals surface area contributed by atoms with Crippen molar-refractivity contribution in [2.75, 3.05) is 6.61 Å². The van der Waals surface area contributed by atoms with Crippen LogP contribution in [0.1, 0.15) is 31.7 Å². The predicted octanol–water partition coefficient (Wildman–Crippen LogP) is 3.27. The number of hydrogen-bond acceptors (Lipinski definition) is 2. The molecule has 16 heavy (non-hydrogen) atoms. The van der Waals surface area contributed by atoms with E-state index in [0.29, 0.717) is 31.4 Å². The van der Waals surface area contributed by atoms with E-state index in [4.69, 9.17) is 4.74 Å². The Morgan fingerprint density at radius 3 is 2.88 bits per heavy atom. The van der Waals surface area contributed by atoms with Gasteiger partial charge in [-0.3, -0.25) is 4.79 Å². The van der Waals surface area contributed by atoms with Crippen LogP contribution in [0.5, 0.6) is 5.75 Å². The first kappa shape index (κ1) is 12.7. The minimum atomic E-state index is -0.315. The van der Waals surface area contributed by atoms with Gasteiger partial charge in [-0.15, -0.1) is 0 Å². The average molecular weight is 224 g/mol. The van der Waals surface area contributed by atoms with Gasteiger partial charge in [-0.25, -0.2) is 4.39 Å². The van der Waals surface area contributed by atoms with Crippen molar-refractivity contribution in [1.29, 1.82) is 0 Å². The number of benzene rings is 1. The SMILES string of the molecule is CCC(=O)CCCOc1cccc(C)c1F. The maximum atomic E-state index is 13.5. The molecule has 0 heterocycles. The Labute approximate surface area is 95.4 Å². The third-order valence-electron chi connectivity index (χ3n) is 2.41. The molecule has 0 aromatic heterocycles. The first-order valence-electron chi connectivity index (χ1n) is 5.54. The van der Waals surface area contributed by atoms with Gasteiger partial charge in [0.15, 0.2) is 11.6 Å². The molecule has 88 valence electrons. The molecule has 1 rings (SSSR count). The minimum absolute atomic E-state index is 0.216. The van der Waals surface area contributed by atoms with Crippen LogP contribution >= 0.6 is 0 Å². The lowest BCUT2D eigenvalue weighted by atomic mass is 10.2. The Kier molecular flexibility index (Phi) is 4.96. The molecule has 0 radical (unpaired) electrons. The zero-order chi connectivity index (χ0) is 12.0. The van der Waals surface area contributed by atoms with E-state index in [1.165, 1.54) is 0 Å². The molecule has 0 spiro atoms. The highest BCUT2D eigenvalue weighted by molar-refractivity contribution is 5.77. The van der Waals surface area contributed by atoms with Gasteiger partial charge in [0.05, 0.1) is 6.61 Å². The first-order chi connectivity index (χ1) is 7.65. The highest BCUT2D eigenvalue weighted by atomic mass is 19.1. The number of halogens is 1. The summed E-state index contributed by atoms with van der Waals surface area (Å²) in [6.07, 6.45) is 1.70. The summed E-state index contributed by atoms with van der Waals surface area (Å²) in [4.78, 5) is 11.0.